The first kappa shape index (κ1) is 17.1. The molecule has 1 fully saturated rings. The summed E-state index contributed by atoms with van der Waals surface area (Å²) in [5, 5.41) is 0.663. The molecule has 0 saturated carbocycles. The first-order chi connectivity index (χ1) is 12.6. The molecule has 0 atom stereocenters. The normalized spacial score (nSPS) is 16.3. The van der Waals surface area contributed by atoms with Crippen LogP contribution >= 0.6 is 23.8 Å². The van der Waals surface area contributed by atoms with E-state index in [9.17, 15) is 4.79 Å². The Labute approximate surface area is 160 Å². The lowest BCUT2D eigenvalue weighted by molar-refractivity contribution is 0.0513. The second-order valence-corrected chi connectivity index (χ2v) is 6.96. The quantitative estimate of drug-likeness (QED) is 0.696. The Bertz CT molecular complexity index is 961. The van der Waals surface area contributed by atoms with Gasteiger partial charge in [-0.05, 0) is 17.7 Å². The molecule has 26 heavy (non-hydrogen) atoms. The number of rotatable bonds is 3. The number of halogens is 1. The molecule has 2 aromatic rings. The van der Waals surface area contributed by atoms with Crippen LogP contribution in [-0.4, -0.2) is 40.8 Å². The summed E-state index contributed by atoms with van der Waals surface area (Å²) in [6.07, 6.45) is 1.96. The SMILES string of the molecule is O=c1[nH]c(=S)c2c(n1Cc1ccc(Cl)cc1)C=C(N1CCOCC1)NN2. The molecular formula is C17H18ClN5O2S. The molecule has 1 aromatic heterocycles. The standard InChI is InChI=1S/C17H18ClN5O2S/c18-12-3-1-11(2-4-12)10-23-13-9-14(22-5-7-25-8-6-22)20-21-15(13)16(26)19-17(23)24/h1-4,9,20-21H,5-8,10H2,(H,19,24,26). The number of nitrogens with one attached hydrogen (secondary N) is 3. The molecule has 1 aromatic carbocycles. The van der Waals surface area contributed by atoms with Crippen molar-refractivity contribution in [3.05, 3.63) is 61.5 Å². The van der Waals surface area contributed by atoms with Gasteiger partial charge in [-0.15, -0.1) is 0 Å². The van der Waals surface area contributed by atoms with Gasteiger partial charge in [-0.3, -0.25) is 20.4 Å². The minimum absolute atomic E-state index is 0.245. The number of hydrogen-bond acceptors (Lipinski definition) is 6. The van der Waals surface area contributed by atoms with E-state index >= 15 is 0 Å². The van der Waals surface area contributed by atoms with Gasteiger partial charge in [0.2, 0.25) is 0 Å². The summed E-state index contributed by atoms with van der Waals surface area (Å²) in [6, 6.07) is 7.44. The first-order valence-corrected chi connectivity index (χ1v) is 9.08. The third-order valence-corrected chi connectivity index (χ3v) is 4.99. The fourth-order valence-corrected chi connectivity index (χ4v) is 3.42. The van der Waals surface area contributed by atoms with Crippen molar-refractivity contribution >= 4 is 35.6 Å². The molecule has 0 unspecified atom stereocenters. The molecule has 1 saturated heterocycles. The zero-order valence-corrected chi connectivity index (χ0v) is 15.5. The molecule has 9 heteroatoms. The van der Waals surface area contributed by atoms with Crippen LogP contribution in [0.15, 0.2) is 34.9 Å². The van der Waals surface area contributed by atoms with Gasteiger partial charge in [0.05, 0.1) is 25.5 Å². The Kier molecular flexibility index (Phi) is 4.71. The van der Waals surface area contributed by atoms with Crippen molar-refractivity contribution in [2.75, 3.05) is 31.7 Å². The van der Waals surface area contributed by atoms with Crippen molar-refractivity contribution < 1.29 is 4.74 Å². The lowest BCUT2D eigenvalue weighted by atomic mass is 10.2. The van der Waals surface area contributed by atoms with Gasteiger partial charge >= 0.3 is 5.69 Å². The number of hydrogen-bond donors (Lipinski definition) is 3. The summed E-state index contributed by atoms with van der Waals surface area (Å²) in [7, 11) is 0. The maximum absolute atomic E-state index is 12.6. The fraction of sp³-hybridized carbons (Fsp3) is 0.294. The van der Waals surface area contributed by atoms with Crippen LogP contribution in [0.25, 0.3) is 6.08 Å². The Morgan fingerprint density at radius 2 is 1.88 bits per heavy atom. The molecule has 4 rings (SSSR count). The Morgan fingerprint density at radius 1 is 1.15 bits per heavy atom. The number of fused-ring (bicyclic) bond motifs is 1. The highest BCUT2D eigenvalue weighted by Gasteiger charge is 2.21. The number of H-pyrrole nitrogens is 1. The topological polar surface area (TPSA) is 74.3 Å². The predicted octanol–water partition coefficient (Wildman–Crippen LogP) is 2.17. The largest absolute Gasteiger partial charge is 0.378 e. The van der Waals surface area contributed by atoms with Crippen molar-refractivity contribution in [2.24, 2.45) is 0 Å². The van der Waals surface area contributed by atoms with Crippen LogP contribution in [0.2, 0.25) is 5.02 Å². The van der Waals surface area contributed by atoms with Gasteiger partial charge in [-0.2, -0.15) is 0 Å². The summed E-state index contributed by atoms with van der Waals surface area (Å²) in [6.45, 7) is 3.35. The maximum Gasteiger partial charge on any atom is 0.327 e. The first-order valence-electron chi connectivity index (χ1n) is 8.30. The van der Waals surface area contributed by atoms with Crippen molar-refractivity contribution in [2.45, 2.75) is 6.54 Å². The zero-order chi connectivity index (χ0) is 18.1. The number of morpholine rings is 1. The van der Waals surface area contributed by atoms with Crippen LogP contribution < -0.4 is 16.5 Å². The molecule has 0 spiro atoms. The molecule has 0 amide bonds. The van der Waals surface area contributed by atoms with Crippen molar-refractivity contribution in [3.8, 4) is 0 Å². The molecule has 136 valence electrons. The van der Waals surface area contributed by atoms with Crippen molar-refractivity contribution in [3.63, 3.8) is 0 Å². The highest BCUT2D eigenvalue weighted by atomic mass is 35.5. The summed E-state index contributed by atoms with van der Waals surface area (Å²) in [4.78, 5) is 17.5. The van der Waals surface area contributed by atoms with E-state index in [2.05, 4.69) is 20.7 Å². The lowest BCUT2D eigenvalue weighted by Crippen LogP contribution is -2.44. The zero-order valence-electron chi connectivity index (χ0n) is 13.9. The van der Waals surface area contributed by atoms with Gasteiger partial charge in [0.1, 0.15) is 16.1 Å². The molecule has 7 nitrogen and oxygen atoms in total. The summed E-state index contributed by atoms with van der Waals surface area (Å²) < 4.78 is 7.45. The van der Waals surface area contributed by atoms with Gasteiger partial charge in [0.25, 0.3) is 0 Å². The Morgan fingerprint density at radius 3 is 2.62 bits per heavy atom. The Hall–Kier alpha value is -2.29. The van der Waals surface area contributed by atoms with E-state index in [1.807, 2.05) is 30.3 Å². The third-order valence-electron chi connectivity index (χ3n) is 4.43. The van der Waals surface area contributed by atoms with Gasteiger partial charge in [0, 0.05) is 24.2 Å². The number of ether oxygens (including phenoxy) is 1. The van der Waals surface area contributed by atoms with Crippen LogP contribution in [0.1, 0.15) is 11.3 Å². The number of aromatic nitrogens is 2. The Balaban J connectivity index is 1.76. The monoisotopic (exact) mass is 391 g/mol. The molecule has 2 aliphatic heterocycles. The second-order valence-electron chi connectivity index (χ2n) is 6.11. The van der Waals surface area contributed by atoms with Crippen molar-refractivity contribution in [1.29, 1.82) is 0 Å². The smallest absolute Gasteiger partial charge is 0.327 e. The average Bonchev–Trinajstić information content (AvgIpc) is 2.67. The lowest BCUT2D eigenvalue weighted by Gasteiger charge is -2.34. The third kappa shape index (κ3) is 3.35. The number of aromatic amines is 1. The van der Waals surface area contributed by atoms with Gasteiger partial charge in [-0.25, -0.2) is 4.79 Å². The van der Waals surface area contributed by atoms with Crippen LogP contribution in [0.5, 0.6) is 0 Å². The van der Waals surface area contributed by atoms with E-state index < -0.39 is 0 Å². The van der Waals surface area contributed by atoms with Crippen LogP contribution in [0.3, 0.4) is 0 Å². The molecule has 3 N–H and O–H groups in total. The van der Waals surface area contributed by atoms with E-state index in [1.165, 1.54) is 0 Å². The van der Waals surface area contributed by atoms with Gasteiger partial charge in [0.15, 0.2) is 0 Å². The second kappa shape index (κ2) is 7.14. The van der Waals surface area contributed by atoms with Crippen molar-refractivity contribution in [1.82, 2.24) is 19.9 Å². The molecule has 0 bridgehead atoms. The molecule has 0 radical (unpaired) electrons. The van der Waals surface area contributed by atoms with Gasteiger partial charge < -0.3 is 9.64 Å². The number of anilines is 1. The van der Waals surface area contributed by atoms with Crippen LogP contribution in [0.4, 0.5) is 5.69 Å². The fourth-order valence-electron chi connectivity index (χ4n) is 3.05. The summed E-state index contributed by atoms with van der Waals surface area (Å²) in [5.74, 6) is 0.894. The average molecular weight is 392 g/mol. The number of nitrogens with zero attached hydrogens (tertiary/aromatic N) is 2. The van der Waals surface area contributed by atoms with Crippen LogP contribution in [0, 0.1) is 4.64 Å². The number of hydrazine groups is 1. The molecular weight excluding hydrogens is 374 g/mol. The predicted molar refractivity (Wildman–Crippen MR) is 104 cm³/mol. The minimum Gasteiger partial charge on any atom is -0.378 e. The highest BCUT2D eigenvalue weighted by Crippen LogP contribution is 2.23. The summed E-state index contributed by atoms with van der Waals surface area (Å²) >= 11 is 11.3. The summed E-state index contributed by atoms with van der Waals surface area (Å²) in [5.41, 5.74) is 8.45. The van der Waals surface area contributed by atoms with E-state index in [4.69, 9.17) is 28.6 Å². The maximum atomic E-state index is 12.6. The molecule has 2 aliphatic rings. The van der Waals surface area contributed by atoms with E-state index in [1.54, 1.807) is 4.57 Å². The molecule has 3 heterocycles. The van der Waals surface area contributed by atoms with Gasteiger partial charge in [-0.1, -0.05) is 36.0 Å². The van der Waals surface area contributed by atoms with E-state index in [0.29, 0.717) is 35.1 Å². The highest BCUT2D eigenvalue weighted by molar-refractivity contribution is 7.71. The molecule has 0 aliphatic carbocycles. The van der Waals surface area contributed by atoms with Crippen LogP contribution in [-0.2, 0) is 11.3 Å². The minimum atomic E-state index is -0.245. The van der Waals surface area contributed by atoms with E-state index in [0.717, 1.165) is 30.2 Å². The van der Waals surface area contributed by atoms with E-state index in [-0.39, 0.29) is 5.69 Å². The number of benzene rings is 1.